The maximum atomic E-state index is 11.2. The smallest absolute Gasteiger partial charge is 0.119 e. The molecule has 26 heavy (non-hydrogen) atoms. The Morgan fingerprint density at radius 3 is 2.85 bits per heavy atom. The molecule has 6 heteroatoms. The van der Waals surface area contributed by atoms with Crippen molar-refractivity contribution in [2.75, 3.05) is 20.2 Å². The highest BCUT2D eigenvalue weighted by Gasteiger charge is 2.42. The molecule has 3 fully saturated rings. The molecule has 142 valence electrons. The molecule has 0 spiro atoms. The second-order valence-corrected chi connectivity index (χ2v) is 6.97. The molecule has 5 atom stereocenters. The van der Waals surface area contributed by atoms with Gasteiger partial charge in [0.15, 0.2) is 0 Å². The van der Waals surface area contributed by atoms with Crippen LogP contribution in [0.1, 0.15) is 24.5 Å². The van der Waals surface area contributed by atoms with Crippen molar-refractivity contribution in [2.24, 2.45) is 11.8 Å². The first kappa shape index (κ1) is 20.8. The summed E-state index contributed by atoms with van der Waals surface area (Å²) in [6, 6.07) is 7.96. The van der Waals surface area contributed by atoms with Gasteiger partial charge in [0, 0.05) is 24.2 Å². The first-order valence-electron chi connectivity index (χ1n) is 8.68. The van der Waals surface area contributed by atoms with Crippen molar-refractivity contribution in [1.82, 2.24) is 9.88 Å². The average molecular weight is 423 g/mol. The zero-order chi connectivity index (χ0) is 16.7. The third-order valence-electron chi connectivity index (χ3n) is 5.82. The fourth-order valence-electron chi connectivity index (χ4n) is 4.44. The van der Waals surface area contributed by atoms with Gasteiger partial charge in [-0.05, 0) is 61.1 Å². The van der Waals surface area contributed by atoms with Gasteiger partial charge in [0.25, 0.3) is 0 Å². The molecule has 0 aliphatic carbocycles. The summed E-state index contributed by atoms with van der Waals surface area (Å²) < 4.78 is 5.35. The second-order valence-electron chi connectivity index (χ2n) is 6.97. The van der Waals surface area contributed by atoms with Crippen LogP contribution in [0.3, 0.4) is 0 Å². The number of hydrogen-bond acceptors (Lipinski definition) is 4. The van der Waals surface area contributed by atoms with Crippen molar-refractivity contribution in [3.05, 3.63) is 48.7 Å². The van der Waals surface area contributed by atoms with Crippen molar-refractivity contribution in [3.8, 4) is 5.75 Å². The van der Waals surface area contributed by atoms with E-state index >= 15 is 0 Å². The average Bonchev–Trinajstić information content (AvgIpc) is 2.66. The Morgan fingerprint density at radius 1 is 1.38 bits per heavy atom. The van der Waals surface area contributed by atoms with Crippen molar-refractivity contribution < 1.29 is 15.3 Å². The minimum atomic E-state index is -0.504. The number of nitrogens with zero attached hydrogens (tertiary/aromatic N) is 2. The molecule has 0 amide bonds. The third kappa shape index (κ3) is 3.51. The number of fused-ring (bicyclic) bond motifs is 4. The number of aromatic nitrogens is 1. The highest BCUT2D eigenvalue weighted by Crippen LogP contribution is 2.42. The van der Waals surface area contributed by atoms with Crippen LogP contribution in [0.25, 0.3) is 10.9 Å². The molecule has 3 saturated heterocycles. The molecule has 5 nitrogen and oxygen atoms in total. The summed E-state index contributed by atoms with van der Waals surface area (Å²) in [5.41, 5.74) is 1.85. The summed E-state index contributed by atoms with van der Waals surface area (Å²) in [4.78, 5) is 6.86. The topological polar surface area (TPSA) is 77.1 Å². The molecular formula is C20H27BrN2O3. The van der Waals surface area contributed by atoms with E-state index in [4.69, 9.17) is 4.74 Å². The van der Waals surface area contributed by atoms with Crippen molar-refractivity contribution in [3.63, 3.8) is 0 Å². The van der Waals surface area contributed by atoms with Gasteiger partial charge in [0.1, 0.15) is 5.75 Å². The van der Waals surface area contributed by atoms with E-state index in [0.717, 1.165) is 41.7 Å². The van der Waals surface area contributed by atoms with Crippen molar-refractivity contribution in [2.45, 2.75) is 25.0 Å². The Bertz CT molecular complexity index is 770. The number of benzene rings is 1. The zero-order valence-corrected chi connectivity index (χ0v) is 16.7. The number of aliphatic hydroxyl groups excluding tert-OH is 1. The lowest BCUT2D eigenvalue weighted by Gasteiger charge is -2.50. The summed E-state index contributed by atoms with van der Waals surface area (Å²) in [5, 5.41) is 12.1. The first-order valence-corrected chi connectivity index (χ1v) is 8.68. The van der Waals surface area contributed by atoms with Gasteiger partial charge in [-0.1, -0.05) is 6.08 Å². The molecule has 2 bridgehead atoms. The Morgan fingerprint density at radius 2 is 2.19 bits per heavy atom. The van der Waals surface area contributed by atoms with Crippen LogP contribution in [0.15, 0.2) is 43.1 Å². The van der Waals surface area contributed by atoms with Crippen molar-refractivity contribution in [1.29, 1.82) is 0 Å². The number of methoxy groups -OCH3 is 1. The van der Waals surface area contributed by atoms with E-state index in [1.54, 1.807) is 13.3 Å². The molecular weight excluding hydrogens is 396 g/mol. The quantitative estimate of drug-likeness (QED) is 0.768. The molecule has 3 aliphatic rings. The van der Waals surface area contributed by atoms with Gasteiger partial charge in [-0.15, -0.1) is 23.6 Å². The van der Waals surface area contributed by atoms with Crippen LogP contribution in [0.5, 0.6) is 5.75 Å². The second kappa shape index (κ2) is 8.48. The molecule has 4 heterocycles. The standard InChI is InChI=1S/C20H24N2O2.BrH.H2O/c1-3-13-12-22-9-7-14(13)10-19(22)20(23)16-6-8-21-18-5-4-15(24-2)11-17(16)18;;/h3-6,8,11,13-14,19-20,23H,1,7,9-10,12H2,2H3;1H;1H2/t13-,14-,19+,20-;;/m0../s1. The number of piperidine rings is 3. The third-order valence-corrected chi connectivity index (χ3v) is 5.82. The van der Waals surface area contributed by atoms with Crippen LogP contribution in [0.4, 0.5) is 0 Å². The van der Waals surface area contributed by atoms with E-state index in [2.05, 4.69) is 22.5 Å². The van der Waals surface area contributed by atoms with E-state index in [1.165, 1.54) is 6.42 Å². The van der Waals surface area contributed by atoms with E-state index in [-0.39, 0.29) is 28.5 Å². The minimum Gasteiger partial charge on any atom is -0.497 e. The van der Waals surface area contributed by atoms with Crippen LogP contribution in [0, 0.1) is 11.8 Å². The van der Waals surface area contributed by atoms with Crippen LogP contribution >= 0.6 is 17.0 Å². The molecule has 0 saturated carbocycles. The number of pyridine rings is 1. The molecule has 1 aromatic heterocycles. The van der Waals surface area contributed by atoms with Crippen LogP contribution < -0.4 is 4.74 Å². The number of rotatable bonds is 4. The van der Waals surface area contributed by atoms with Crippen LogP contribution in [-0.2, 0) is 0 Å². The number of aliphatic hydroxyl groups is 1. The zero-order valence-electron chi connectivity index (χ0n) is 15.0. The van der Waals surface area contributed by atoms with E-state index in [9.17, 15) is 5.11 Å². The van der Waals surface area contributed by atoms with Crippen LogP contribution in [-0.4, -0.2) is 46.7 Å². The Balaban J connectivity index is 0.00000121. The normalized spacial score (nSPS) is 27.9. The molecule has 1 unspecified atom stereocenters. The van der Waals surface area contributed by atoms with E-state index in [1.807, 2.05) is 24.3 Å². The fraction of sp³-hybridized carbons (Fsp3) is 0.450. The van der Waals surface area contributed by atoms with Gasteiger partial charge in [-0.3, -0.25) is 9.88 Å². The molecule has 3 N–H and O–H groups in total. The summed E-state index contributed by atoms with van der Waals surface area (Å²) >= 11 is 0. The van der Waals surface area contributed by atoms with Gasteiger partial charge < -0.3 is 15.3 Å². The largest absolute Gasteiger partial charge is 0.497 e. The van der Waals surface area contributed by atoms with Crippen molar-refractivity contribution >= 4 is 27.9 Å². The molecule has 2 aromatic rings. The number of hydrogen-bond donors (Lipinski definition) is 1. The van der Waals surface area contributed by atoms with Crippen LogP contribution in [0.2, 0.25) is 0 Å². The van der Waals surface area contributed by atoms with Gasteiger partial charge in [0.05, 0.1) is 18.7 Å². The highest BCUT2D eigenvalue weighted by atomic mass is 79.9. The van der Waals surface area contributed by atoms with Gasteiger partial charge in [-0.2, -0.15) is 0 Å². The lowest BCUT2D eigenvalue weighted by molar-refractivity contribution is -0.0444. The summed E-state index contributed by atoms with van der Waals surface area (Å²) in [6.07, 6.45) is 5.62. The Labute approximate surface area is 164 Å². The summed E-state index contributed by atoms with van der Waals surface area (Å²) in [7, 11) is 1.66. The minimum absolute atomic E-state index is 0. The predicted molar refractivity (Wildman–Crippen MR) is 109 cm³/mol. The van der Waals surface area contributed by atoms with Gasteiger partial charge >= 0.3 is 0 Å². The molecule has 5 rings (SSSR count). The number of ether oxygens (including phenoxy) is 1. The van der Waals surface area contributed by atoms with E-state index in [0.29, 0.717) is 11.8 Å². The predicted octanol–water partition coefficient (Wildman–Crippen LogP) is 2.93. The SMILES string of the molecule is Br.C=C[C@H]1CN2CC[C@H]1C[C@@H]2[C@@H](O)c1ccnc2ccc(OC)cc12.O. The number of halogens is 1. The lowest BCUT2D eigenvalue weighted by atomic mass is 9.73. The fourth-order valence-corrected chi connectivity index (χ4v) is 4.44. The highest BCUT2D eigenvalue weighted by molar-refractivity contribution is 8.93. The summed E-state index contributed by atoms with van der Waals surface area (Å²) in [6.45, 7) is 6.07. The Hall–Kier alpha value is -1.47. The summed E-state index contributed by atoms with van der Waals surface area (Å²) in [5.74, 6) is 2.01. The van der Waals surface area contributed by atoms with Gasteiger partial charge in [-0.25, -0.2) is 0 Å². The maximum Gasteiger partial charge on any atom is 0.119 e. The van der Waals surface area contributed by atoms with E-state index < -0.39 is 6.10 Å². The first-order chi connectivity index (χ1) is 11.7. The van der Waals surface area contributed by atoms with Gasteiger partial charge in [0.2, 0.25) is 0 Å². The monoisotopic (exact) mass is 422 g/mol. The lowest BCUT2D eigenvalue weighted by Crippen LogP contribution is -2.54. The molecule has 0 radical (unpaired) electrons. The Kier molecular flexibility index (Phi) is 6.80. The maximum absolute atomic E-state index is 11.2. The molecule has 1 aromatic carbocycles. The molecule has 3 aliphatic heterocycles.